The Morgan fingerprint density at radius 1 is 1.22 bits per heavy atom. The molecular formula is C17H22N4OS. The smallest absolute Gasteiger partial charge is 0.315 e. The first kappa shape index (κ1) is 15.9. The molecule has 6 heteroatoms. The molecule has 0 unspecified atom stereocenters. The largest absolute Gasteiger partial charge is 0.338 e. The van der Waals surface area contributed by atoms with Gasteiger partial charge in [0.2, 0.25) is 0 Å². The van der Waals surface area contributed by atoms with E-state index < -0.39 is 0 Å². The van der Waals surface area contributed by atoms with Gasteiger partial charge in [-0.3, -0.25) is 4.98 Å². The Morgan fingerprint density at radius 3 is 2.78 bits per heavy atom. The molecule has 1 aliphatic carbocycles. The zero-order valence-electron chi connectivity index (χ0n) is 13.1. The summed E-state index contributed by atoms with van der Waals surface area (Å²) in [5, 5.41) is 9.04. The molecule has 5 nitrogen and oxygen atoms in total. The summed E-state index contributed by atoms with van der Waals surface area (Å²) in [6.07, 6.45) is 10.2. The van der Waals surface area contributed by atoms with Gasteiger partial charge < -0.3 is 10.6 Å². The summed E-state index contributed by atoms with van der Waals surface area (Å²) in [6.45, 7) is 0.609. The number of carbonyl (C=O) groups is 1. The summed E-state index contributed by atoms with van der Waals surface area (Å²) in [5.74, 6) is 0. The van der Waals surface area contributed by atoms with Crippen molar-refractivity contribution in [3.8, 4) is 10.6 Å². The van der Waals surface area contributed by atoms with Gasteiger partial charge in [-0.25, -0.2) is 9.78 Å². The summed E-state index contributed by atoms with van der Waals surface area (Å²) in [6, 6.07) is 4.21. The fourth-order valence-electron chi connectivity index (χ4n) is 2.84. The molecule has 0 spiro atoms. The Kier molecular flexibility index (Phi) is 5.58. The number of pyridine rings is 1. The summed E-state index contributed by atoms with van der Waals surface area (Å²) >= 11 is 1.62. The highest BCUT2D eigenvalue weighted by molar-refractivity contribution is 7.13. The standard InChI is InChI=1S/C17H22N4OS/c22-17(21-14-4-2-1-3-5-14)19-11-8-15-12-23-16(20-15)13-6-9-18-10-7-13/h6-7,9-10,12,14H,1-5,8,11H2,(H2,19,21,22). The summed E-state index contributed by atoms with van der Waals surface area (Å²) < 4.78 is 0. The molecule has 2 aromatic heterocycles. The van der Waals surface area contributed by atoms with E-state index in [0.29, 0.717) is 12.6 Å². The SMILES string of the molecule is O=C(NCCc1csc(-c2ccncc2)n1)NC1CCCCC1. The molecular weight excluding hydrogens is 308 g/mol. The second-order valence-electron chi connectivity index (χ2n) is 5.87. The molecule has 2 amide bonds. The average molecular weight is 330 g/mol. The van der Waals surface area contributed by atoms with Gasteiger partial charge in [0, 0.05) is 42.3 Å². The molecule has 0 radical (unpaired) electrons. The van der Waals surface area contributed by atoms with Crippen molar-refractivity contribution in [2.75, 3.05) is 6.54 Å². The van der Waals surface area contributed by atoms with Crippen molar-refractivity contribution in [2.24, 2.45) is 0 Å². The van der Waals surface area contributed by atoms with Crippen LogP contribution in [-0.2, 0) is 6.42 Å². The van der Waals surface area contributed by atoms with Gasteiger partial charge in [-0.05, 0) is 25.0 Å². The number of aromatic nitrogens is 2. The number of nitrogens with one attached hydrogen (secondary N) is 2. The first-order valence-electron chi connectivity index (χ1n) is 8.20. The van der Waals surface area contributed by atoms with Gasteiger partial charge in [-0.1, -0.05) is 19.3 Å². The third-order valence-corrected chi connectivity index (χ3v) is 5.03. The molecule has 0 bridgehead atoms. The Hall–Kier alpha value is -1.95. The van der Waals surface area contributed by atoms with Gasteiger partial charge in [0.15, 0.2) is 0 Å². The molecule has 2 heterocycles. The fraction of sp³-hybridized carbons (Fsp3) is 0.471. The van der Waals surface area contributed by atoms with Gasteiger partial charge in [-0.15, -0.1) is 11.3 Å². The molecule has 0 aromatic carbocycles. The molecule has 1 aliphatic rings. The van der Waals surface area contributed by atoms with Crippen molar-refractivity contribution in [2.45, 2.75) is 44.6 Å². The van der Waals surface area contributed by atoms with Crippen LogP contribution >= 0.6 is 11.3 Å². The van der Waals surface area contributed by atoms with Crippen LogP contribution in [0.2, 0.25) is 0 Å². The first-order valence-corrected chi connectivity index (χ1v) is 9.08. The predicted octanol–water partition coefficient (Wildman–Crippen LogP) is 3.38. The van der Waals surface area contributed by atoms with Crippen LogP contribution in [0.15, 0.2) is 29.9 Å². The van der Waals surface area contributed by atoms with E-state index in [1.165, 1.54) is 19.3 Å². The number of urea groups is 1. The average Bonchev–Trinajstić information content (AvgIpc) is 3.05. The molecule has 0 saturated heterocycles. The van der Waals surface area contributed by atoms with Crippen molar-refractivity contribution in [3.63, 3.8) is 0 Å². The highest BCUT2D eigenvalue weighted by Gasteiger charge is 2.15. The molecule has 0 aliphatic heterocycles. The van der Waals surface area contributed by atoms with E-state index in [0.717, 1.165) is 35.5 Å². The molecule has 122 valence electrons. The van der Waals surface area contributed by atoms with E-state index in [-0.39, 0.29) is 6.03 Å². The Balaban J connectivity index is 1.42. The molecule has 2 N–H and O–H groups in total. The number of nitrogens with zero attached hydrogens (tertiary/aromatic N) is 2. The van der Waals surface area contributed by atoms with Gasteiger partial charge in [0.1, 0.15) is 5.01 Å². The maximum atomic E-state index is 11.9. The number of thiazole rings is 1. The zero-order valence-corrected chi connectivity index (χ0v) is 13.9. The minimum absolute atomic E-state index is 0.0542. The molecule has 3 rings (SSSR count). The minimum atomic E-state index is -0.0542. The summed E-state index contributed by atoms with van der Waals surface area (Å²) in [7, 11) is 0. The normalized spacial score (nSPS) is 15.3. The van der Waals surface area contributed by atoms with E-state index in [4.69, 9.17) is 0 Å². The van der Waals surface area contributed by atoms with Crippen LogP contribution in [0.5, 0.6) is 0 Å². The van der Waals surface area contributed by atoms with Crippen LogP contribution in [0.25, 0.3) is 10.6 Å². The second kappa shape index (κ2) is 8.06. The van der Waals surface area contributed by atoms with Crippen LogP contribution in [0, 0.1) is 0 Å². The first-order chi connectivity index (χ1) is 11.3. The number of carbonyl (C=O) groups excluding carboxylic acids is 1. The fourth-order valence-corrected chi connectivity index (χ4v) is 3.70. The number of hydrogen-bond acceptors (Lipinski definition) is 4. The van der Waals surface area contributed by atoms with Crippen molar-refractivity contribution in [1.82, 2.24) is 20.6 Å². The lowest BCUT2D eigenvalue weighted by molar-refractivity contribution is 0.233. The minimum Gasteiger partial charge on any atom is -0.338 e. The number of hydrogen-bond donors (Lipinski definition) is 2. The van der Waals surface area contributed by atoms with Gasteiger partial charge in [-0.2, -0.15) is 0 Å². The van der Waals surface area contributed by atoms with Crippen LogP contribution in [0.4, 0.5) is 4.79 Å². The van der Waals surface area contributed by atoms with Crippen LogP contribution in [0.1, 0.15) is 37.8 Å². The molecule has 2 aromatic rings. The third-order valence-electron chi connectivity index (χ3n) is 4.09. The Bertz CT molecular complexity index is 623. The zero-order chi connectivity index (χ0) is 15.9. The lowest BCUT2D eigenvalue weighted by Gasteiger charge is -2.22. The molecule has 23 heavy (non-hydrogen) atoms. The Labute approximate surface area is 140 Å². The monoisotopic (exact) mass is 330 g/mol. The van der Waals surface area contributed by atoms with Gasteiger partial charge >= 0.3 is 6.03 Å². The molecule has 0 atom stereocenters. The Morgan fingerprint density at radius 2 is 2.00 bits per heavy atom. The van der Waals surface area contributed by atoms with E-state index in [1.807, 2.05) is 12.1 Å². The van der Waals surface area contributed by atoms with Crippen molar-refractivity contribution >= 4 is 17.4 Å². The van der Waals surface area contributed by atoms with Crippen LogP contribution in [-0.4, -0.2) is 28.6 Å². The highest BCUT2D eigenvalue weighted by atomic mass is 32.1. The van der Waals surface area contributed by atoms with Gasteiger partial charge in [0.25, 0.3) is 0 Å². The lowest BCUT2D eigenvalue weighted by Crippen LogP contribution is -2.43. The predicted molar refractivity (Wildman–Crippen MR) is 92.5 cm³/mol. The topological polar surface area (TPSA) is 66.9 Å². The van der Waals surface area contributed by atoms with Crippen LogP contribution < -0.4 is 10.6 Å². The van der Waals surface area contributed by atoms with Crippen molar-refractivity contribution in [3.05, 3.63) is 35.6 Å². The maximum Gasteiger partial charge on any atom is 0.315 e. The van der Waals surface area contributed by atoms with E-state index in [9.17, 15) is 4.79 Å². The quantitative estimate of drug-likeness (QED) is 0.883. The van der Waals surface area contributed by atoms with E-state index >= 15 is 0 Å². The second-order valence-corrected chi connectivity index (χ2v) is 6.72. The maximum absolute atomic E-state index is 11.9. The molecule has 1 saturated carbocycles. The summed E-state index contributed by atoms with van der Waals surface area (Å²) in [4.78, 5) is 20.5. The van der Waals surface area contributed by atoms with E-state index in [2.05, 4.69) is 26.0 Å². The highest BCUT2D eigenvalue weighted by Crippen LogP contribution is 2.22. The van der Waals surface area contributed by atoms with Crippen molar-refractivity contribution in [1.29, 1.82) is 0 Å². The third kappa shape index (κ3) is 4.76. The molecule has 1 fully saturated rings. The van der Waals surface area contributed by atoms with Gasteiger partial charge in [0.05, 0.1) is 5.69 Å². The number of amides is 2. The summed E-state index contributed by atoms with van der Waals surface area (Å²) in [5.41, 5.74) is 2.10. The van der Waals surface area contributed by atoms with Crippen molar-refractivity contribution < 1.29 is 4.79 Å². The lowest BCUT2D eigenvalue weighted by atomic mass is 9.96. The van der Waals surface area contributed by atoms with Crippen LogP contribution in [0.3, 0.4) is 0 Å². The number of rotatable bonds is 5. The van der Waals surface area contributed by atoms with E-state index in [1.54, 1.807) is 23.7 Å².